The summed E-state index contributed by atoms with van der Waals surface area (Å²) in [5.41, 5.74) is 1.22. The molecule has 0 saturated heterocycles. The van der Waals surface area contributed by atoms with E-state index in [0.29, 0.717) is 10.6 Å². The van der Waals surface area contributed by atoms with Crippen LogP contribution in [0.15, 0.2) is 18.3 Å². The van der Waals surface area contributed by atoms with Gasteiger partial charge in [0.2, 0.25) is 0 Å². The molecule has 2 aromatic rings. The first kappa shape index (κ1) is 10.5. The average molecular weight is 226 g/mol. The molecule has 0 saturated carbocycles. The van der Waals surface area contributed by atoms with Gasteiger partial charge in [0.05, 0.1) is 5.02 Å². The van der Waals surface area contributed by atoms with Crippen LogP contribution in [0.2, 0.25) is 5.02 Å². The Bertz CT molecular complexity index is 508. The molecule has 0 unspecified atom stereocenters. The van der Waals surface area contributed by atoms with Gasteiger partial charge in [-0.25, -0.2) is 4.39 Å². The molecule has 0 radical (unpaired) electrons. The summed E-state index contributed by atoms with van der Waals surface area (Å²) in [4.78, 5) is 2.94. The first-order valence-electron chi connectivity index (χ1n) is 4.86. The van der Waals surface area contributed by atoms with Gasteiger partial charge in [0.1, 0.15) is 5.82 Å². The van der Waals surface area contributed by atoms with Gasteiger partial charge in [-0.05, 0) is 23.1 Å². The summed E-state index contributed by atoms with van der Waals surface area (Å²) in [7, 11) is 0. The molecule has 2 rings (SSSR count). The highest BCUT2D eigenvalue weighted by molar-refractivity contribution is 6.35. The smallest absolute Gasteiger partial charge is 0.129 e. The topological polar surface area (TPSA) is 15.8 Å². The Morgan fingerprint density at radius 3 is 2.53 bits per heavy atom. The summed E-state index contributed by atoms with van der Waals surface area (Å²) in [6.07, 6.45) is 1.68. The molecule has 0 aliphatic carbocycles. The summed E-state index contributed by atoms with van der Waals surface area (Å²) in [6.45, 7) is 5.95. The van der Waals surface area contributed by atoms with Crippen LogP contribution >= 0.6 is 11.6 Å². The van der Waals surface area contributed by atoms with Crippen molar-refractivity contribution in [1.82, 2.24) is 4.98 Å². The molecule has 0 spiro atoms. The Kier molecular flexibility index (Phi) is 2.27. The number of fused-ring (bicyclic) bond motifs is 1. The summed E-state index contributed by atoms with van der Waals surface area (Å²) >= 11 is 5.99. The van der Waals surface area contributed by atoms with Crippen LogP contribution in [-0.2, 0) is 5.41 Å². The van der Waals surface area contributed by atoms with Crippen molar-refractivity contribution in [2.45, 2.75) is 26.2 Å². The Labute approximate surface area is 93.3 Å². The van der Waals surface area contributed by atoms with E-state index in [1.54, 1.807) is 6.20 Å². The van der Waals surface area contributed by atoms with Crippen molar-refractivity contribution in [3.63, 3.8) is 0 Å². The molecule has 0 bridgehead atoms. The molecule has 3 heteroatoms. The summed E-state index contributed by atoms with van der Waals surface area (Å²) < 4.78 is 13.8. The highest BCUT2D eigenvalue weighted by Crippen LogP contribution is 2.31. The lowest BCUT2D eigenvalue weighted by Gasteiger charge is -2.19. The number of aromatic amines is 1. The number of halogens is 2. The minimum Gasteiger partial charge on any atom is -0.360 e. The van der Waals surface area contributed by atoms with Gasteiger partial charge in [-0.1, -0.05) is 32.4 Å². The van der Waals surface area contributed by atoms with Gasteiger partial charge < -0.3 is 4.98 Å². The molecule has 1 aromatic heterocycles. The summed E-state index contributed by atoms with van der Waals surface area (Å²) in [5, 5.41) is 1.51. The average Bonchev–Trinajstić information content (AvgIpc) is 2.44. The Morgan fingerprint density at radius 1 is 1.27 bits per heavy atom. The molecule has 15 heavy (non-hydrogen) atoms. The zero-order valence-corrected chi connectivity index (χ0v) is 9.74. The number of benzene rings is 1. The predicted molar refractivity (Wildman–Crippen MR) is 62.0 cm³/mol. The van der Waals surface area contributed by atoms with Gasteiger partial charge in [-0.3, -0.25) is 0 Å². The summed E-state index contributed by atoms with van der Waals surface area (Å²) in [5.74, 6) is -0.187. The second-order valence-electron chi connectivity index (χ2n) is 4.76. The molecule has 0 atom stereocenters. The van der Waals surface area contributed by atoms with Crippen molar-refractivity contribution in [2.24, 2.45) is 0 Å². The van der Waals surface area contributed by atoms with Crippen molar-refractivity contribution in [2.75, 3.05) is 0 Å². The predicted octanol–water partition coefficient (Wildman–Crippen LogP) is 4.26. The maximum atomic E-state index is 13.8. The molecule has 0 fully saturated rings. The Balaban J connectivity index is 2.76. The quantitative estimate of drug-likeness (QED) is 0.690. The molecule has 0 aliphatic heterocycles. The second-order valence-corrected chi connectivity index (χ2v) is 5.17. The van der Waals surface area contributed by atoms with Gasteiger partial charge in [0.15, 0.2) is 0 Å². The molecular formula is C12H13ClFN. The maximum Gasteiger partial charge on any atom is 0.129 e. The zero-order chi connectivity index (χ0) is 11.2. The highest BCUT2D eigenvalue weighted by Gasteiger charge is 2.19. The normalized spacial score (nSPS) is 12.3. The molecule has 1 heterocycles. The van der Waals surface area contributed by atoms with Crippen LogP contribution in [0.3, 0.4) is 0 Å². The molecule has 80 valence electrons. The van der Waals surface area contributed by atoms with Gasteiger partial charge in [-0.15, -0.1) is 0 Å². The maximum absolute atomic E-state index is 13.8. The summed E-state index contributed by atoms with van der Waals surface area (Å²) in [6, 6.07) is 3.32. The van der Waals surface area contributed by atoms with E-state index >= 15 is 0 Å². The number of aromatic nitrogens is 1. The van der Waals surface area contributed by atoms with Crippen molar-refractivity contribution >= 4 is 22.5 Å². The molecule has 0 amide bonds. The SMILES string of the molecule is CC(C)(C)c1cc2c(Cl)c[nH]c2cc1F. The van der Waals surface area contributed by atoms with E-state index in [2.05, 4.69) is 4.98 Å². The first-order chi connectivity index (χ1) is 6.89. The van der Waals surface area contributed by atoms with Crippen LogP contribution in [0.1, 0.15) is 26.3 Å². The second kappa shape index (κ2) is 3.24. The van der Waals surface area contributed by atoms with E-state index in [0.717, 1.165) is 10.9 Å². The third-order valence-electron chi connectivity index (χ3n) is 2.53. The number of hydrogen-bond donors (Lipinski definition) is 1. The standard InChI is InChI=1S/C12H13ClFN/c1-12(2,3)8-4-7-9(13)6-15-11(7)5-10(8)14/h4-6,15H,1-3H3. The van der Waals surface area contributed by atoms with Gasteiger partial charge in [0, 0.05) is 17.1 Å². The van der Waals surface area contributed by atoms with Crippen molar-refractivity contribution in [3.05, 3.63) is 34.7 Å². The van der Waals surface area contributed by atoms with E-state index in [1.165, 1.54) is 6.07 Å². The fraction of sp³-hybridized carbons (Fsp3) is 0.333. The fourth-order valence-electron chi connectivity index (χ4n) is 1.68. The van der Waals surface area contributed by atoms with Crippen LogP contribution in [0.4, 0.5) is 4.39 Å². The van der Waals surface area contributed by atoms with Crippen LogP contribution < -0.4 is 0 Å². The van der Waals surface area contributed by atoms with E-state index in [4.69, 9.17) is 11.6 Å². The van der Waals surface area contributed by atoms with Crippen LogP contribution in [-0.4, -0.2) is 4.98 Å². The molecule has 0 aliphatic rings. The minimum atomic E-state index is -0.209. The largest absolute Gasteiger partial charge is 0.360 e. The third-order valence-corrected chi connectivity index (χ3v) is 2.84. The highest BCUT2D eigenvalue weighted by atomic mass is 35.5. The van der Waals surface area contributed by atoms with E-state index in [1.807, 2.05) is 26.8 Å². The lowest BCUT2D eigenvalue weighted by atomic mass is 9.86. The molecule has 1 N–H and O–H groups in total. The van der Waals surface area contributed by atoms with Gasteiger partial charge in [0.25, 0.3) is 0 Å². The molecule has 1 nitrogen and oxygen atoms in total. The fourth-order valence-corrected chi connectivity index (χ4v) is 1.89. The van der Waals surface area contributed by atoms with Crippen LogP contribution in [0.5, 0.6) is 0 Å². The lowest BCUT2D eigenvalue weighted by Crippen LogP contribution is -2.13. The van der Waals surface area contributed by atoms with Gasteiger partial charge >= 0.3 is 0 Å². The van der Waals surface area contributed by atoms with E-state index in [-0.39, 0.29) is 11.2 Å². The lowest BCUT2D eigenvalue weighted by molar-refractivity contribution is 0.524. The third kappa shape index (κ3) is 1.74. The van der Waals surface area contributed by atoms with Gasteiger partial charge in [-0.2, -0.15) is 0 Å². The monoisotopic (exact) mass is 225 g/mol. The number of hydrogen-bond acceptors (Lipinski definition) is 0. The van der Waals surface area contributed by atoms with E-state index in [9.17, 15) is 4.39 Å². The van der Waals surface area contributed by atoms with Crippen molar-refractivity contribution < 1.29 is 4.39 Å². The Hall–Kier alpha value is -1.02. The number of nitrogens with one attached hydrogen (secondary N) is 1. The van der Waals surface area contributed by atoms with Crippen molar-refractivity contribution in [3.8, 4) is 0 Å². The number of H-pyrrole nitrogens is 1. The van der Waals surface area contributed by atoms with E-state index < -0.39 is 0 Å². The Morgan fingerprint density at radius 2 is 1.93 bits per heavy atom. The molecule has 1 aromatic carbocycles. The minimum absolute atomic E-state index is 0.187. The van der Waals surface area contributed by atoms with Crippen molar-refractivity contribution in [1.29, 1.82) is 0 Å². The zero-order valence-electron chi connectivity index (χ0n) is 8.99. The number of rotatable bonds is 0. The van der Waals surface area contributed by atoms with Crippen LogP contribution in [0.25, 0.3) is 10.9 Å². The first-order valence-corrected chi connectivity index (χ1v) is 5.24. The van der Waals surface area contributed by atoms with Crippen LogP contribution in [0, 0.1) is 5.82 Å². The molecular weight excluding hydrogens is 213 g/mol.